The van der Waals surface area contributed by atoms with Crippen molar-refractivity contribution in [2.75, 3.05) is 33.0 Å². The van der Waals surface area contributed by atoms with Crippen LogP contribution < -0.4 is 5.32 Å². The molecule has 138 valence electrons. The van der Waals surface area contributed by atoms with E-state index in [9.17, 15) is 22.8 Å². The van der Waals surface area contributed by atoms with Gasteiger partial charge in [-0.3, -0.25) is 9.59 Å². The summed E-state index contributed by atoms with van der Waals surface area (Å²) >= 11 is 0. The van der Waals surface area contributed by atoms with Gasteiger partial charge in [0, 0.05) is 19.8 Å². The first-order valence-corrected chi connectivity index (χ1v) is 9.52. The van der Waals surface area contributed by atoms with E-state index in [0.717, 1.165) is 17.6 Å². The minimum Gasteiger partial charge on any atom is -0.452 e. The maximum Gasteiger partial charge on any atom is 0.338 e. The molecule has 0 saturated carbocycles. The predicted molar refractivity (Wildman–Crippen MR) is 90.8 cm³/mol. The molecular formula is C16H22N2O6S. The molecule has 0 heterocycles. The molecule has 0 aliphatic rings. The Labute approximate surface area is 147 Å². The number of nitrogens with zero attached hydrogens (tertiary/aromatic N) is 1. The molecule has 0 radical (unpaired) electrons. The van der Waals surface area contributed by atoms with Gasteiger partial charge in [-0.25, -0.2) is 13.2 Å². The third-order valence-corrected chi connectivity index (χ3v) is 4.35. The minimum atomic E-state index is -3.35. The number of ether oxygens (including phenoxy) is 1. The van der Waals surface area contributed by atoms with Crippen molar-refractivity contribution in [1.82, 2.24) is 10.2 Å². The molecule has 0 saturated heterocycles. The molecule has 1 rings (SSSR count). The van der Waals surface area contributed by atoms with Crippen LogP contribution in [0.3, 0.4) is 0 Å². The van der Waals surface area contributed by atoms with Gasteiger partial charge in [0.25, 0.3) is 5.91 Å². The van der Waals surface area contributed by atoms with Gasteiger partial charge in [-0.2, -0.15) is 0 Å². The Hall–Kier alpha value is -2.42. The van der Waals surface area contributed by atoms with Crippen molar-refractivity contribution in [2.24, 2.45) is 0 Å². The maximum atomic E-state index is 11.9. The van der Waals surface area contributed by atoms with Crippen molar-refractivity contribution in [3.8, 4) is 0 Å². The van der Waals surface area contributed by atoms with Gasteiger partial charge in [-0.05, 0) is 30.7 Å². The number of likely N-dealkylation sites (N-methyl/N-ethyl adjacent to an activating group) is 1. The Balaban J connectivity index is 2.52. The Bertz CT molecular complexity index is 727. The highest BCUT2D eigenvalue weighted by molar-refractivity contribution is 7.90. The van der Waals surface area contributed by atoms with Crippen molar-refractivity contribution in [3.05, 3.63) is 29.8 Å². The summed E-state index contributed by atoms with van der Waals surface area (Å²) in [6.45, 7) is 1.81. The molecule has 25 heavy (non-hydrogen) atoms. The summed E-state index contributed by atoms with van der Waals surface area (Å²) in [5.74, 6) is -1.56. The van der Waals surface area contributed by atoms with Crippen molar-refractivity contribution >= 4 is 27.6 Å². The van der Waals surface area contributed by atoms with Crippen LogP contribution in [0.4, 0.5) is 0 Å². The number of rotatable bonds is 8. The molecule has 2 amide bonds. The number of amides is 2. The van der Waals surface area contributed by atoms with Gasteiger partial charge in [0.2, 0.25) is 5.91 Å². The third kappa shape index (κ3) is 6.92. The van der Waals surface area contributed by atoms with Crippen LogP contribution in [0.15, 0.2) is 29.2 Å². The van der Waals surface area contributed by atoms with E-state index >= 15 is 0 Å². The summed E-state index contributed by atoms with van der Waals surface area (Å²) in [5.41, 5.74) is 0.128. The van der Waals surface area contributed by atoms with E-state index in [0.29, 0.717) is 6.54 Å². The lowest BCUT2D eigenvalue weighted by molar-refractivity contribution is -0.137. The van der Waals surface area contributed by atoms with E-state index in [-0.39, 0.29) is 22.9 Å². The Morgan fingerprint density at radius 3 is 2.28 bits per heavy atom. The van der Waals surface area contributed by atoms with E-state index in [4.69, 9.17) is 4.74 Å². The molecule has 9 heteroatoms. The molecule has 0 spiro atoms. The van der Waals surface area contributed by atoms with E-state index in [1.54, 1.807) is 0 Å². The number of nitrogens with one attached hydrogen (secondary N) is 1. The van der Waals surface area contributed by atoms with Crippen LogP contribution in [0.1, 0.15) is 23.7 Å². The number of sulfone groups is 1. The highest BCUT2D eigenvalue weighted by Crippen LogP contribution is 2.11. The second-order valence-corrected chi connectivity index (χ2v) is 7.49. The molecular weight excluding hydrogens is 348 g/mol. The lowest BCUT2D eigenvalue weighted by Gasteiger charge is -2.16. The van der Waals surface area contributed by atoms with E-state index < -0.39 is 28.3 Å². The Kier molecular flexibility index (Phi) is 7.56. The molecule has 0 unspecified atom stereocenters. The maximum absolute atomic E-state index is 11.9. The summed E-state index contributed by atoms with van der Waals surface area (Å²) in [4.78, 5) is 36.5. The minimum absolute atomic E-state index is 0.0814. The molecule has 1 aromatic rings. The van der Waals surface area contributed by atoms with Crippen molar-refractivity contribution < 1.29 is 27.5 Å². The van der Waals surface area contributed by atoms with Crippen LogP contribution in [0.2, 0.25) is 0 Å². The van der Waals surface area contributed by atoms with Crippen LogP contribution in [0.25, 0.3) is 0 Å². The predicted octanol–water partition coefficient (Wildman–Crippen LogP) is 0.232. The van der Waals surface area contributed by atoms with Crippen molar-refractivity contribution in [2.45, 2.75) is 18.2 Å². The van der Waals surface area contributed by atoms with Gasteiger partial charge in [0.1, 0.15) is 0 Å². The topological polar surface area (TPSA) is 110 Å². The largest absolute Gasteiger partial charge is 0.452 e. The van der Waals surface area contributed by atoms with Crippen LogP contribution in [0.5, 0.6) is 0 Å². The van der Waals surface area contributed by atoms with Gasteiger partial charge in [-0.1, -0.05) is 6.92 Å². The molecule has 8 nitrogen and oxygen atoms in total. The van der Waals surface area contributed by atoms with Crippen molar-refractivity contribution in [3.63, 3.8) is 0 Å². The standard InChI is InChI=1S/C16H22N2O6S/c1-4-9-17-14(19)10-18(2)15(20)11-24-16(21)12-5-7-13(8-6-12)25(3,22)23/h5-8H,4,9-11H2,1-3H3,(H,17,19). The highest BCUT2D eigenvalue weighted by atomic mass is 32.2. The molecule has 1 N–H and O–H groups in total. The summed E-state index contributed by atoms with van der Waals surface area (Å²) in [5, 5.41) is 2.64. The fourth-order valence-electron chi connectivity index (χ4n) is 1.78. The quantitative estimate of drug-likeness (QED) is 0.656. The first kappa shape index (κ1) is 20.6. The fourth-order valence-corrected chi connectivity index (χ4v) is 2.41. The summed E-state index contributed by atoms with van der Waals surface area (Å²) in [6, 6.07) is 5.20. The van der Waals surface area contributed by atoms with Crippen molar-refractivity contribution in [1.29, 1.82) is 0 Å². The second kappa shape index (κ2) is 9.16. The Morgan fingerprint density at radius 2 is 1.76 bits per heavy atom. The lowest BCUT2D eigenvalue weighted by Crippen LogP contribution is -2.40. The summed E-state index contributed by atoms with van der Waals surface area (Å²) in [6.07, 6.45) is 1.85. The zero-order chi connectivity index (χ0) is 19.0. The average molecular weight is 370 g/mol. The first-order chi connectivity index (χ1) is 11.6. The fraction of sp³-hybridized carbons (Fsp3) is 0.438. The van der Waals surface area contributed by atoms with Crippen LogP contribution in [0, 0.1) is 0 Å². The number of hydrogen-bond donors (Lipinski definition) is 1. The lowest BCUT2D eigenvalue weighted by atomic mass is 10.2. The average Bonchev–Trinajstić information content (AvgIpc) is 2.56. The van der Waals surface area contributed by atoms with Gasteiger partial charge in [0.15, 0.2) is 16.4 Å². The van der Waals surface area contributed by atoms with E-state index in [1.165, 1.54) is 31.3 Å². The normalized spacial score (nSPS) is 10.8. The molecule has 0 aromatic heterocycles. The molecule has 0 aliphatic carbocycles. The smallest absolute Gasteiger partial charge is 0.338 e. The van der Waals surface area contributed by atoms with Crippen LogP contribution in [-0.2, 0) is 24.2 Å². The summed E-state index contributed by atoms with van der Waals surface area (Å²) < 4.78 is 27.6. The SMILES string of the molecule is CCCNC(=O)CN(C)C(=O)COC(=O)c1ccc(S(C)(=O)=O)cc1. The second-order valence-electron chi connectivity index (χ2n) is 5.47. The zero-order valence-corrected chi connectivity index (χ0v) is 15.3. The monoisotopic (exact) mass is 370 g/mol. The van der Waals surface area contributed by atoms with Crippen LogP contribution >= 0.6 is 0 Å². The molecule has 1 aromatic carbocycles. The number of esters is 1. The number of carbonyl (C=O) groups is 3. The van der Waals surface area contributed by atoms with E-state index in [2.05, 4.69) is 5.32 Å². The van der Waals surface area contributed by atoms with Gasteiger partial charge >= 0.3 is 5.97 Å². The molecule has 0 bridgehead atoms. The van der Waals surface area contributed by atoms with Gasteiger partial charge in [-0.15, -0.1) is 0 Å². The zero-order valence-electron chi connectivity index (χ0n) is 14.4. The van der Waals surface area contributed by atoms with Gasteiger partial charge in [0.05, 0.1) is 17.0 Å². The first-order valence-electron chi connectivity index (χ1n) is 7.63. The highest BCUT2D eigenvalue weighted by Gasteiger charge is 2.16. The Morgan fingerprint density at radius 1 is 1.16 bits per heavy atom. The third-order valence-electron chi connectivity index (χ3n) is 3.22. The number of hydrogen-bond acceptors (Lipinski definition) is 6. The molecule has 0 atom stereocenters. The van der Waals surface area contributed by atoms with E-state index in [1.807, 2.05) is 6.92 Å². The molecule has 0 aliphatic heterocycles. The molecule has 0 fully saturated rings. The summed E-state index contributed by atoms with van der Waals surface area (Å²) in [7, 11) is -1.92. The van der Waals surface area contributed by atoms with Crippen LogP contribution in [-0.4, -0.2) is 64.1 Å². The van der Waals surface area contributed by atoms with Gasteiger partial charge < -0.3 is 15.0 Å². The number of benzene rings is 1. The number of carbonyl (C=O) groups excluding carboxylic acids is 3.